The average Bonchev–Trinajstić information content (AvgIpc) is 3.19. The molecule has 0 amide bonds. The van der Waals surface area contributed by atoms with E-state index in [0.717, 1.165) is 11.3 Å². The second-order valence-corrected chi connectivity index (χ2v) is 6.91. The third-order valence-electron chi connectivity index (χ3n) is 5.01. The molecule has 0 fully saturated rings. The highest BCUT2D eigenvalue weighted by Gasteiger charge is 2.22. The van der Waals surface area contributed by atoms with Crippen LogP contribution < -0.4 is 10.4 Å². The fraction of sp³-hybridized carbons (Fsp3) is 0.0400. The number of rotatable bonds is 4. The van der Waals surface area contributed by atoms with Crippen LogP contribution in [0.4, 0.5) is 10.3 Å². The highest BCUT2D eigenvalue weighted by atomic mass is 19.1. The van der Waals surface area contributed by atoms with Crippen molar-refractivity contribution in [2.75, 3.05) is 7.11 Å². The number of fused-ring (bicyclic) bond motifs is 3. The number of nitrogens with zero attached hydrogens (tertiary/aromatic N) is 1. The molecule has 31 heavy (non-hydrogen) atoms. The van der Waals surface area contributed by atoms with Crippen molar-refractivity contribution in [1.29, 1.82) is 0 Å². The molecule has 5 rings (SSSR count). The van der Waals surface area contributed by atoms with E-state index in [9.17, 15) is 9.18 Å². The van der Waals surface area contributed by atoms with Crippen LogP contribution in [-0.2, 0) is 0 Å². The highest BCUT2D eigenvalue weighted by Crippen LogP contribution is 2.41. The van der Waals surface area contributed by atoms with Crippen molar-refractivity contribution >= 4 is 34.0 Å². The summed E-state index contributed by atoms with van der Waals surface area (Å²) in [4.78, 5) is 17.4. The predicted octanol–water partition coefficient (Wildman–Crippen LogP) is 6.10. The van der Waals surface area contributed by atoms with E-state index in [-0.39, 0.29) is 17.1 Å². The van der Waals surface area contributed by atoms with Crippen LogP contribution in [0.25, 0.3) is 33.1 Å². The molecule has 0 bridgehead atoms. The molecule has 0 saturated heterocycles. The fourth-order valence-corrected chi connectivity index (χ4v) is 3.50. The Bertz CT molecular complexity index is 1480. The topological polar surface area (TPSA) is 64.9 Å². The van der Waals surface area contributed by atoms with Crippen LogP contribution in [0.1, 0.15) is 5.56 Å². The summed E-state index contributed by atoms with van der Waals surface area (Å²) in [6.45, 7) is 0. The van der Waals surface area contributed by atoms with E-state index in [1.807, 2.05) is 36.4 Å². The zero-order valence-electron chi connectivity index (χ0n) is 16.5. The number of para-hydroxylation sites is 1. The van der Waals surface area contributed by atoms with E-state index >= 15 is 0 Å². The van der Waals surface area contributed by atoms with E-state index in [2.05, 4.69) is 4.99 Å². The van der Waals surface area contributed by atoms with Gasteiger partial charge < -0.3 is 13.6 Å². The summed E-state index contributed by atoms with van der Waals surface area (Å²) in [5.41, 5.74) is 2.15. The monoisotopic (exact) mass is 413 g/mol. The van der Waals surface area contributed by atoms with Gasteiger partial charge in [0.05, 0.1) is 18.1 Å². The SMILES string of the molecule is COc1ccc(/C=N/c2oc3c(c2-c2ccc(F)cc2)c(=O)oc2ccccc23)cc1. The van der Waals surface area contributed by atoms with Gasteiger partial charge in [0, 0.05) is 6.21 Å². The molecular weight excluding hydrogens is 397 g/mol. The minimum absolute atomic E-state index is 0.237. The van der Waals surface area contributed by atoms with Gasteiger partial charge in [-0.25, -0.2) is 14.2 Å². The molecule has 0 atom stereocenters. The maximum Gasteiger partial charge on any atom is 0.348 e. The molecule has 5 aromatic rings. The summed E-state index contributed by atoms with van der Waals surface area (Å²) in [5, 5.41) is 0.929. The van der Waals surface area contributed by atoms with Crippen molar-refractivity contribution in [3.8, 4) is 16.9 Å². The molecule has 0 N–H and O–H groups in total. The van der Waals surface area contributed by atoms with Gasteiger partial charge in [-0.2, -0.15) is 0 Å². The molecule has 3 aromatic carbocycles. The third kappa shape index (κ3) is 3.38. The first-order chi connectivity index (χ1) is 15.1. The number of benzene rings is 3. The van der Waals surface area contributed by atoms with Crippen molar-refractivity contribution in [2.45, 2.75) is 0 Å². The lowest BCUT2D eigenvalue weighted by Crippen LogP contribution is -1.99. The summed E-state index contributed by atoms with van der Waals surface area (Å²) in [5.74, 6) is 0.593. The molecule has 0 radical (unpaired) electrons. The van der Waals surface area contributed by atoms with Crippen LogP contribution in [0.3, 0.4) is 0 Å². The summed E-state index contributed by atoms with van der Waals surface area (Å²) in [7, 11) is 1.60. The predicted molar refractivity (Wildman–Crippen MR) is 118 cm³/mol. The first-order valence-electron chi connectivity index (χ1n) is 9.56. The summed E-state index contributed by atoms with van der Waals surface area (Å²) in [6, 6.07) is 20.3. The van der Waals surface area contributed by atoms with Gasteiger partial charge in [0.25, 0.3) is 0 Å². The van der Waals surface area contributed by atoms with E-state index in [1.54, 1.807) is 37.6 Å². The molecule has 0 spiro atoms. The zero-order chi connectivity index (χ0) is 21.4. The maximum atomic E-state index is 13.5. The van der Waals surface area contributed by atoms with Gasteiger partial charge in [-0.3, -0.25) is 0 Å². The van der Waals surface area contributed by atoms with Gasteiger partial charge >= 0.3 is 5.63 Å². The van der Waals surface area contributed by atoms with Crippen LogP contribution in [0.15, 0.2) is 91.4 Å². The van der Waals surface area contributed by atoms with Gasteiger partial charge in [-0.05, 0) is 59.7 Å². The molecule has 0 aliphatic heterocycles. The number of hydrogen-bond donors (Lipinski definition) is 0. The number of halogens is 1. The summed E-state index contributed by atoms with van der Waals surface area (Å²) >= 11 is 0. The summed E-state index contributed by atoms with van der Waals surface area (Å²) < 4.78 is 30.3. The lowest BCUT2D eigenvalue weighted by atomic mass is 10.0. The van der Waals surface area contributed by atoms with E-state index in [0.29, 0.717) is 27.7 Å². The Morgan fingerprint density at radius 2 is 1.68 bits per heavy atom. The average molecular weight is 413 g/mol. The Hall–Kier alpha value is -4.19. The van der Waals surface area contributed by atoms with Crippen molar-refractivity contribution < 1.29 is 18.0 Å². The van der Waals surface area contributed by atoms with Crippen molar-refractivity contribution in [3.05, 3.63) is 94.6 Å². The second kappa shape index (κ2) is 7.57. The van der Waals surface area contributed by atoms with Gasteiger partial charge in [0.15, 0.2) is 5.58 Å². The number of furan rings is 1. The molecule has 6 heteroatoms. The minimum Gasteiger partial charge on any atom is -0.497 e. The zero-order valence-corrected chi connectivity index (χ0v) is 16.5. The van der Waals surface area contributed by atoms with Crippen molar-refractivity contribution in [2.24, 2.45) is 4.99 Å². The molecule has 5 nitrogen and oxygen atoms in total. The Labute approximate surface area is 176 Å². The third-order valence-corrected chi connectivity index (χ3v) is 5.01. The first-order valence-corrected chi connectivity index (χ1v) is 9.56. The number of hydrogen-bond acceptors (Lipinski definition) is 5. The Kier molecular flexibility index (Phi) is 4.59. The summed E-state index contributed by atoms with van der Waals surface area (Å²) in [6.07, 6.45) is 1.63. The van der Waals surface area contributed by atoms with E-state index in [1.165, 1.54) is 12.1 Å². The molecule has 152 valence electrons. The first kappa shape index (κ1) is 18.8. The lowest BCUT2D eigenvalue weighted by Gasteiger charge is -2.01. The molecule has 0 aliphatic rings. The lowest BCUT2D eigenvalue weighted by molar-refractivity contribution is 0.415. The number of methoxy groups -OCH3 is 1. The Morgan fingerprint density at radius 1 is 0.935 bits per heavy atom. The maximum absolute atomic E-state index is 13.5. The number of aliphatic imine (C=N–C) groups is 1. The molecular formula is C25H16FNO4. The van der Waals surface area contributed by atoms with Gasteiger partial charge in [-0.15, -0.1) is 0 Å². The molecule has 2 heterocycles. The van der Waals surface area contributed by atoms with Crippen molar-refractivity contribution in [3.63, 3.8) is 0 Å². The largest absolute Gasteiger partial charge is 0.497 e. The molecule has 2 aromatic heterocycles. The van der Waals surface area contributed by atoms with Crippen LogP contribution >= 0.6 is 0 Å². The highest BCUT2D eigenvalue weighted by molar-refractivity contribution is 6.09. The van der Waals surface area contributed by atoms with E-state index in [4.69, 9.17) is 13.6 Å². The quantitative estimate of drug-likeness (QED) is 0.264. The molecule has 0 unspecified atom stereocenters. The number of ether oxygens (including phenoxy) is 1. The van der Waals surface area contributed by atoms with Crippen LogP contribution in [0.5, 0.6) is 5.75 Å². The second-order valence-electron chi connectivity index (χ2n) is 6.91. The van der Waals surface area contributed by atoms with Gasteiger partial charge in [0.1, 0.15) is 22.5 Å². The van der Waals surface area contributed by atoms with Crippen molar-refractivity contribution in [1.82, 2.24) is 0 Å². The minimum atomic E-state index is -0.539. The normalized spacial score (nSPS) is 11.5. The van der Waals surface area contributed by atoms with Crippen LogP contribution in [0, 0.1) is 5.82 Å². The smallest absolute Gasteiger partial charge is 0.348 e. The van der Waals surface area contributed by atoms with Crippen LogP contribution in [0.2, 0.25) is 0 Å². The molecule has 0 aliphatic carbocycles. The van der Waals surface area contributed by atoms with Crippen LogP contribution in [-0.4, -0.2) is 13.3 Å². The fourth-order valence-electron chi connectivity index (χ4n) is 3.50. The Morgan fingerprint density at radius 3 is 2.42 bits per heavy atom. The standard InChI is InChI=1S/C25H16FNO4/c1-29-18-12-6-15(7-13-18)14-27-24-21(16-8-10-17(26)11-9-16)22-23(31-24)19-4-2-3-5-20(19)30-25(22)28/h2-14H,1H3/b27-14+. The van der Waals surface area contributed by atoms with E-state index < -0.39 is 5.63 Å². The molecule has 0 saturated carbocycles. The van der Waals surface area contributed by atoms with Gasteiger partial charge in [0.2, 0.25) is 5.88 Å². The Balaban J connectivity index is 1.75. The van der Waals surface area contributed by atoms with Gasteiger partial charge in [-0.1, -0.05) is 24.3 Å².